The zero-order chi connectivity index (χ0) is 23.5. The van der Waals surface area contributed by atoms with Crippen LogP contribution in [0, 0.1) is 13.8 Å². The lowest BCUT2D eigenvalue weighted by atomic mass is 10.1. The van der Waals surface area contributed by atoms with Crippen LogP contribution in [0.1, 0.15) is 10.4 Å². The van der Waals surface area contributed by atoms with Gasteiger partial charge in [0.2, 0.25) is 5.88 Å². The van der Waals surface area contributed by atoms with E-state index in [1.54, 1.807) is 11.3 Å². The highest BCUT2D eigenvalue weighted by atomic mass is 32.1. The summed E-state index contributed by atoms with van der Waals surface area (Å²) in [6.45, 7) is 4.37. The number of ether oxygens (including phenoxy) is 1. The Morgan fingerprint density at radius 2 is 1.54 bits per heavy atom. The van der Waals surface area contributed by atoms with Crippen LogP contribution in [-0.2, 0) is 0 Å². The number of benzene rings is 3. The summed E-state index contributed by atoms with van der Waals surface area (Å²) in [5.74, 6) is 1.38. The molecule has 0 N–H and O–H groups in total. The summed E-state index contributed by atoms with van der Waals surface area (Å²) in [7, 11) is 0. The van der Waals surface area contributed by atoms with E-state index in [1.807, 2.05) is 35.7 Å². The van der Waals surface area contributed by atoms with Gasteiger partial charge in [-0.05, 0) is 49.1 Å². The Morgan fingerprint density at radius 3 is 2.46 bits per heavy atom. The normalized spacial score (nSPS) is 11.7. The van der Waals surface area contributed by atoms with Crippen molar-refractivity contribution >= 4 is 63.8 Å². The van der Waals surface area contributed by atoms with Gasteiger partial charge in [-0.1, -0.05) is 48.5 Å². The average molecular weight is 489 g/mol. The molecule has 0 aliphatic heterocycles. The molecule has 35 heavy (non-hydrogen) atoms. The minimum absolute atomic E-state index is 0.585. The minimum Gasteiger partial charge on any atom is -0.438 e. The molecule has 3 aromatic carbocycles. The lowest BCUT2D eigenvalue weighted by Crippen LogP contribution is -1.92. The van der Waals surface area contributed by atoms with Gasteiger partial charge in [0.05, 0.1) is 15.9 Å². The highest BCUT2D eigenvalue weighted by Gasteiger charge is 2.16. The second kappa shape index (κ2) is 7.87. The third-order valence-corrected chi connectivity index (χ3v) is 9.06. The molecule has 5 heteroatoms. The monoisotopic (exact) mass is 488 g/mol. The van der Waals surface area contributed by atoms with Crippen LogP contribution in [0.2, 0.25) is 0 Å². The number of nitrogens with zero attached hydrogens (tertiary/aromatic N) is 2. The maximum atomic E-state index is 6.49. The molecule has 7 rings (SSSR count). The standard InChI is InChI=1S/C30H20N2OS2/c1-17-18(2)34-29-19(17)10-5-11-22(29)24-12-6-14-27(32-24)33-25-16-23-28-26(13-7-15-31-28)35-30(23)21-9-4-3-8-20(21)25/h3-16H,1-2H3. The largest absolute Gasteiger partial charge is 0.438 e. The van der Waals surface area contributed by atoms with Gasteiger partial charge in [0.15, 0.2) is 0 Å². The van der Waals surface area contributed by atoms with Crippen molar-refractivity contribution < 1.29 is 4.74 Å². The number of fused-ring (bicyclic) bond motifs is 6. The zero-order valence-corrected chi connectivity index (χ0v) is 20.8. The maximum absolute atomic E-state index is 6.49. The van der Waals surface area contributed by atoms with Crippen molar-refractivity contribution in [2.24, 2.45) is 0 Å². The van der Waals surface area contributed by atoms with E-state index in [-0.39, 0.29) is 0 Å². The van der Waals surface area contributed by atoms with Crippen molar-refractivity contribution in [2.45, 2.75) is 13.8 Å². The van der Waals surface area contributed by atoms with Crippen molar-refractivity contribution in [1.82, 2.24) is 9.97 Å². The van der Waals surface area contributed by atoms with Gasteiger partial charge < -0.3 is 4.74 Å². The summed E-state index contributed by atoms with van der Waals surface area (Å²) in [5.41, 5.74) is 4.42. The first kappa shape index (κ1) is 20.6. The molecular formula is C30H20N2OS2. The van der Waals surface area contributed by atoms with Crippen molar-refractivity contribution in [2.75, 3.05) is 0 Å². The van der Waals surface area contributed by atoms with Crippen LogP contribution in [0.5, 0.6) is 11.6 Å². The van der Waals surface area contributed by atoms with Crippen LogP contribution in [0.15, 0.2) is 85.1 Å². The van der Waals surface area contributed by atoms with E-state index < -0.39 is 0 Å². The fourth-order valence-corrected chi connectivity index (χ4v) is 7.13. The molecule has 0 unspecified atom stereocenters. The molecule has 0 saturated carbocycles. The summed E-state index contributed by atoms with van der Waals surface area (Å²) in [6, 6.07) is 27.1. The average Bonchev–Trinajstić information content (AvgIpc) is 3.41. The molecule has 0 radical (unpaired) electrons. The predicted octanol–water partition coefficient (Wildman–Crippen LogP) is 9.29. The number of aromatic nitrogens is 2. The number of aryl methyl sites for hydroxylation is 2. The molecule has 168 valence electrons. The Hall–Kier alpha value is -3.80. The van der Waals surface area contributed by atoms with Crippen LogP contribution in [0.25, 0.3) is 52.4 Å². The number of thiophene rings is 2. The van der Waals surface area contributed by atoms with Crippen molar-refractivity contribution in [3.8, 4) is 22.9 Å². The van der Waals surface area contributed by atoms with Crippen LogP contribution >= 0.6 is 22.7 Å². The molecule has 0 bridgehead atoms. The number of rotatable bonds is 3. The molecule has 0 saturated heterocycles. The summed E-state index contributed by atoms with van der Waals surface area (Å²) in [6.07, 6.45) is 1.85. The Morgan fingerprint density at radius 1 is 0.714 bits per heavy atom. The maximum Gasteiger partial charge on any atom is 0.219 e. The van der Waals surface area contributed by atoms with Gasteiger partial charge in [0, 0.05) is 48.3 Å². The Labute approximate surface area is 210 Å². The number of hydrogen-bond donors (Lipinski definition) is 0. The minimum atomic E-state index is 0.585. The topological polar surface area (TPSA) is 35.0 Å². The molecule has 0 spiro atoms. The number of pyridine rings is 2. The van der Waals surface area contributed by atoms with Crippen molar-refractivity contribution in [1.29, 1.82) is 0 Å². The smallest absolute Gasteiger partial charge is 0.219 e. The molecule has 3 nitrogen and oxygen atoms in total. The first-order valence-corrected chi connectivity index (χ1v) is 13.1. The van der Waals surface area contributed by atoms with E-state index in [2.05, 4.69) is 79.5 Å². The van der Waals surface area contributed by atoms with Gasteiger partial charge in [-0.2, -0.15) is 0 Å². The summed E-state index contributed by atoms with van der Waals surface area (Å²) in [5, 5.41) is 4.66. The lowest BCUT2D eigenvalue weighted by molar-refractivity contribution is 0.469. The van der Waals surface area contributed by atoms with E-state index in [4.69, 9.17) is 9.72 Å². The predicted molar refractivity (Wildman–Crippen MR) is 149 cm³/mol. The molecule has 0 fully saturated rings. The van der Waals surface area contributed by atoms with E-state index in [0.717, 1.165) is 33.3 Å². The van der Waals surface area contributed by atoms with E-state index in [9.17, 15) is 0 Å². The molecule has 4 aromatic heterocycles. The van der Waals surface area contributed by atoms with Gasteiger partial charge >= 0.3 is 0 Å². The highest BCUT2D eigenvalue weighted by Crippen LogP contribution is 2.43. The van der Waals surface area contributed by atoms with Gasteiger partial charge in [-0.3, -0.25) is 4.98 Å². The van der Waals surface area contributed by atoms with Crippen LogP contribution in [0.4, 0.5) is 0 Å². The quantitative estimate of drug-likeness (QED) is 0.248. The first-order chi connectivity index (χ1) is 17.2. The Balaban J connectivity index is 1.39. The lowest BCUT2D eigenvalue weighted by Gasteiger charge is -2.11. The number of hydrogen-bond acceptors (Lipinski definition) is 5. The van der Waals surface area contributed by atoms with E-state index in [0.29, 0.717) is 5.88 Å². The second-order valence-corrected chi connectivity index (χ2v) is 11.0. The zero-order valence-electron chi connectivity index (χ0n) is 19.2. The Bertz CT molecular complexity index is 1920. The van der Waals surface area contributed by atoms with Crippen LogP contribution in [-0.4, -0.2) is 9.97 Å². The highest BCUT2D eigenvalue weighted by molar-refractivity contribution is 7.26. The van der Waals surface area contributed by atoms with Gasteiger partial charge in [-0.25, -0.2) is 4.98 Å². The third kappa shape index (κ3) is 3.23. The molecule has 0 aliphatic carbocycles. The van der Waals surface area contributed by atoms with Crippen LogP contribution < -0.4 is 4.74 Å². The summed E-state index contributed by atoms with van der Waals surface area (Å²) >= 11 is 3.61. The summed E-state index contributed by atoms with van der Waals surface area (Å²) < 4.78 is 10.2. The molecule has 0 amide bonds. The second-order valence-electron chi connectivity index (χ2n) is 8.68. The van der Waals surface area contributed by atoms with E-state index in [1.165, 1.54) is 35.3 Å². The van der Waals surface area contributed by atoms with E-state index >= 15 is 0 Å². The SMILES string of the molecule is Cc1sc2c(-c3cccc(Oc4cc5c6ncccc6sc5c5ccccc45)n3)cccc2c1C. The van der Waals surface area contributed by atoms with Crippen molar-refractivity contribution in [3.63, 3.8) is 0 Å². The molecule has 4 heterocycles. The molecule has 0 atom stereocenters. The van der Waals surface area contributed by atoms with Crippen LogP contribution in [0.3, 0.4) is 0 Å². The third-order valence-electron chi connectivity index (χ3n) is 6.61. The van der Waals surface area contributed by atoms with Gasteiger partial charge in [0.1, 0.15) is 5.75 Å². The molecular weight excluding hydrogens is 468 g/mol. The molecule has 0 aliphatic rings. The first-order valence-electron chi connectivity index (χ1n) is 11.5. The van der Waals surface area contributed by atoms with Crippen molar-refractivity contribution in [3.05, 3.63) is 95.5 Å². The summed E-state index contributed by atoms with van der Waals surface area (Å²) in [4.78, 5) is 10.9. The fourth-order valence-electron chi connectivity index (χ4n) is 4.77. The molecule has 7 aromatic rings. The fraction of sp³-hybridized carbons (Fsp3) is 0.0667. The van der Waals surface area contributed by atoms with Gasteiger partial charge in [0.25, 0.3) is 0 Å². The van der Waals surface area contributed by atoms with Gasteiger partial charge in [-0.15, -0.1) is 22.7 Å². The Kier molecular flexibility index (Phi) is 4.62.